The standard InChI is InChI=1S/C17H28N2O/c1-17(2,3)13-18-14-7-6-10-19(12-14)15-8-5-9-16(11-15)20-4/h5,8-9,11,14,18H,6-7,10,12-13H2,1-4H3. The molecule has 0 amide bonds. The van der Waals surface area contributed by atoms with E-state index in [1.54, 1.807) is 7.11 Å². The number of anilines is 1. The molecule has 0 aliphatic carbocycles. The van der Waals surface area contributed by atoms with Gasteiger partial charge in [0.25, 0.3) is 0 Å². The highest BCUT2D eigenvalue weighted by Gasteiger charge is 2.21. The molecule has 1 aliphatic rings. The van der Waals surface area contributed by atoms with E-state index in [1.807, 2.05) is 6.07 Å². The molecule has 20 heavy (non-hydrogen) atoms. The first-order valence-corrected chi connectivity index (χ1v) is 7.60. The topological polar surface area (TPSA) is 24.5 Å². The molecule has 1 heterocycles. The van der Waals surface area contributed by atoms with Crippen molar-refractivity contribution in [2.24, 2.45) is 5.41 Å². The van der Waals surface area contributed by atoms with Crippen LogP contribution in [0.25, 0.3) is 0 Å². The number of benzene rings is 1. The number of methoxy groups -OCH3 is 1. The quantitative estimate of drug-likeness (QED) is 0.913. The second kappa shape index (κ2) is 6.49. The Hall–Kier alpha value is -1.22. The molecular weight excluding hydrogens is 248 g/mol. The van der Waals surface area contributed by atoms with Gasteiger partial charge in [0.1, 0.15) is 5.75 Å². The van der Waals surface area contributed by atoms with Crippen LogP contribution >= 0.6 is 0 Å². The van der Waals surface area contributed by atoms with E-state index in [1.165, 1.54) is 18.5 Å². The first-order valence-electron chi connectivity index (χ1n) is 7.60. The molecule has 112 valence electrons. The Morgan fingerprint density at radius 1 is 1.35 bits per heavy atom. The third-order valence-corrected chi connectivity index (χ3v) is 3.76. The summed E-state index contributed by atoms with van der Waals surface area (Å²) in [5.74, 6) is 0.937. The highest BCUT2D eigenvalue weighted by Crippen LogP contribution is 2.24. The van der Waals surface area contributed by atoms with Crippen LogP contribution in [-0.4, -0.2) is 32.8 Å². The second-order valence-electron chi connectivity index (χ2n) is 6.93. The maximum absolute atomic E-state index is 5.32. The molecule has 1 aromatic carbocycles. The van der Waals surface area contributed by atoms with Gasteiger partial charge in [-0.1, -0.05) is 26.8 Å². The third kappa shape index (κ3) is 4.41. The van der Waals surface area contributed by atoms with Gasteiger partial charge in [-0.15, -0.1) is 0 Å². The van der Waals surface area contributed by atoms with Gasteiger partial charge in [0.15, 0.2) is 0 Å². The molecule has 3 heteroatoms. The molecule has 0 saturated carbocycles. The molecule has 0 radical (unpaired) electrons. The van der Waals surface area contributed by atoms with Crippen molar-refractivity contribution in [2.75, 3.05) is 31.6 Å². The largest absolute Gasteiger partial charge is 0.497 e. The van der Waals surface area contributed by atoms with E-state index < -0.39 is 0 Å². The minimum Gasteiger partial charge on any atom is -0.497 e. The summed E-state index contributed by atoms with van der Waals surface area (Å²) in [5.41, 5.74) is 1.62. The first-order chi connectivity index (χ1) is 9.48. The van der Waals surface area contributed by atoms with Gasteiger partial charge >= 0.3 is 0 Å². The lowest BCUT2D eigenvalue weighted by atomic mass is 9.95. The van der Waals surface area contributed by atoms with Crippen LogP contribution in [0.2, 0.25) is 0 Å². The smallest absolute Gasteiger partial charge is 0.120 e. The zero-order valence-corrected chi connectivity index (χ0v) is 13.3. The SMILES string of the molecule is COc1cccc(N2CCCC(NCC(C)(C)C)C2)c1. The Kier molecular flexibility index (Phi) is 4.92. The van der Waals surface area contributed by atoms with E-state index in [2.05, 4.69) is 49.2 Å². The van der Waals surface area contributed by atoms with Crippen molar-refractivity contribution in [2.45, 2.75) is 39.7 Å². The third-order valence-electron chi connectivity index (χ3n) is 3.76. The van der Waals surface area contributed by atoms with E-state index >= 15 is 0 Å². The summed E-state index contributed by atoms with van der Waals surface area (Å²) in [6, 6.07) is 8.97. The maximum atomic E-state index is 5.32. The maximum Gasteiger partial charge on any atom is 0.120 e. The van der Waals surface area contributed by atoms with Crippen LogP contribution in [0.1, 0.15) is 33.6 Å². The van der Waals surface area contributed by atoms with Crippen molar-refractivity contribution in [1.82, 2.24) is 5.32 Å². The Morgan fingerprint density at radius 3 is 2.85 bits per heavy atom. The number of rotatable bonds is 4. The number of hydrogen-bond acceptors (Lipinski definition) is 3. The summed E-state index contributed by atoms with van der Waals surface area (Å²) >= 11 is 0. The zero-order chi connectivity index (χ0) is 14.6. The summed E-state index contributed by atoms with van der Waals surface area (Å²) in [7, 11) is 1.73. The van der Waals surface area contributed by atoms with Crippen molar-refractivity contribution in [1.29, 1.82) is 0 Å². The number of hydrogen-bond donors (Lipinski definition) is 1. The van der Waals surface area contributed by atoms with Crippen LogP contribution in [0.15, 0.2) is 24.3 Å². The van der Waals surface area contributed by atoms with Gasteiger partial charge in [-0.25, -0.2) is 0 Å². The van der Waals surface area contributed by atoms with E-state index in [4.69, 9.17) is 4.74 Å². The zero-order valence-electron chi connectivity index (χ0n) is 13.3. The predicted molar refractivity (Wildman–Crippen MR) is 85.7 cm³/mol. The molecule has 2 rings (SSSR count). The van der Waals surface area contributed by atoms with Gasteiger partial charge in [0, 0.05) is 37.4 Å². The molecular formula is C17H28N2O. The minimum atomic E-state index is 0.345. The fraction of sp³-hybridized carbons (Fsp3) is 0.647. The van der Waals surface area contributed by atoms with Crippen molar-refractivity contribution in [3.8, 4) is 5.75 Å². The molecule has 3 nitrogen and oxygen atoms in total. The average molecular weight is 276 g/mol. The highest BCUT2D eigenvalue weighted by molar-refractivity contribution is 5.51. The van der Waals surface area contributed by atoms with E-state index in [0.29, 0.717) is 11.5 Å². The molecule has 0 spiro atoms. The lowest BCUT2D eigenvalue weighted by Crippen LogP contribution is -2.47. The summed E-state index contributed by atoms with van der Waals surface area (Å²) in [6.07, 6.45) is 2.52. The first kappa shape index (κ1) is 15.2. The van der Waals surface area contributed by atoms with Crippen LogP contribution in [0.3, 0.4) is 0 Å². The number of nitrogens with zero attached hydrogens (tertiary/aromatic N) is 1. The van der Waals surface area contributed by atoms with Gasteiger partial charge in [-0.3, -0.25) is 0 Å². The normalized spacial score (nSPS) is 20.0. The fourth-order valence-electron chi connectivity index (χ4n) is 2.64. The molecule has 1 atom stereocenters. The number of nitrogens with one attached hydrogen (secondary N) is 1. The van der Waals surface area contributed by atoms with Crippen LogP contribution in [0, 0.1) is 5.41 Å². The van der Waals surface area contributed by atoms with Gasteiger partial charge < -0.3 is 15.0 Å². The second-order valence-corrected chi connectivity index (χ2v) is 6.93. The Bertz CT molecular complexity index is 425. The average Bonchev–Trinajstić information content (AvgIpc) is 2.45. The van der Waals surface area contributed by atoms with Crippen molar-refractivity contribution in [3.63, 3.8) is 0 Å². The Morgan fingerprint density at radius 2 is 2.15 bits per heavy atom. The summed E-state index contributed by atoms with van der Waals surface area (Å²) in [4.78, 5) is 2.46. The molecule has 1 saturated heterocycles. The summed E-state index contributed by atoms with van der Waals surface area (Å²) < 4.78 is 5.32. The van der Waals surface area contributed by atoms with Crippen LogP contribution in [0.4, 0.5) is 5.69 Å². The van der Waals surface area contributed by atoms with Gasteiger partial charge in [0.2, 0.25) is 0 Å². The molecule has 0 bridgehead atoms. The van der Waals surface area contributed by atoms with Gasteiger partial charge in [0.05, 0.1) is 7.11 Å². The lowest BCUT2D eigenvalue weighted by Gasteiger charge is -2.36. The Balaban J connectivity index is 1.95. The Labute approximate surface area is 123 Å². The summed E-state index contributed by atoms with van der Waals surface area (Å²) in [6.45, 7) is 10.1. The van der Waals surface area contributed by atoms with E-state index in [-0.39, 0.29) is 0 Å². The van der Waals surface area contributed by atoms with Crippen LogP contribution < -0.4 is 15.0 Å². The summed E-state index contributed by atoms with van der Waals surface area (Å²) in [5, 5.41) is 3.72. The van der Waals surface area contributed by atoms with Crippen molar-refractivity contribution in [3.05, 3.63) is 24.3 Å². The van der Waals surface area contributed by atoms with Gasteiger partial charge in [-0.2, -0.15) is 0 Å². The molecule has 1 unspecified atom stereocenters. The highest BCUT2D eigenvalue weighted by atomic mass is 16.5. The monoisotopic (exact) mass is 276 g/mol. The van der Waals surface area contributed by atoms with E-state index in [9.17, 15) is 0 Å². The number of ether oxygens (including phenoxy) is 1. The molecule has 1 fully saturated rings. The molecule has 1 N–H and O–H groups in total. The van der Waals surface area contributed by atoms with Gasteiger partial charge in [-0.05, 0) is 30.4 Å². The lowest BCUT2D eigenvalue weighted by molar-refractivity contribution is 0.328. The molecule has 0 aromatic heterocycles. The van der Waals surface area contributed by atoms with Crippen LogP contribution in [0.5, 0.6) is 5.75 Å². The van der Waals surface area contributed by atoms with Crippen molar-refractivity contribution < 1.29 is 4.74 Å². The molecule has 1 aromatic rings. The molecule has 1 aliphatic heterocycles. The minimum absolute atomic E-state index is 0.345. The van der Waals surface area contributed by atoms with E-state index in [0.717, 1.165) is 25.4 Å². The van der Waals surface area contributed by atoms with Crippen molar-refractivity contribution >= 4 is 5.69 Å². The van der Waals surface area contributed by atoms with Crippen LogP contribution in [-0.2, 0) is 0 Å². The number of piperidine rings is 1. The predicted octanol–water partition coefficient (Wildman–Crippen LogP) is 3.30. The fourth-order valence-corrected chi connectivity index (χ4v) is 2.64.